The predicted molar refractivity (Wildman–Crippen MR) is 89.8 cm³/mol. The van der Waals surface area contributed by atoms with Crippen molar-refractivity contribution in [2.45, 2.75) is 84.3 Å². The SMILES string of the molecule is CCCCC(CC)CC(NCC)C1(OCC)CCOCC1. The van der Waals surface area contributed by atoms with E-state index in [9.17, 15) is 0 Å². The lowest BCUT2D eigenvalue weighted by Crippen LogP contribution is -2.56. The van der Waals surface area contributed by atoms with Crippen molar-refractivity contribution in [3.05, 3.63) is 0 Å². The summed E-state index contributed by atoms with van der Waals surface area (Å²) in [6.45, 7) is 12.4. The van der Waals surface area contributed by atoms with E-state index < -0.39 is 0 Å². The number of unbranched alkanes of at least 4 members (excludes halogenated alkanes) is 1. The Labute approximate surface area is 132 Å². The van der Waals surface area contributed by atoms with E-state index >= 15 is 0 Å². The second-order valence-electron chi connectivity index (χ2n) is 6.37. The van der Waals surface area contributed by atoms with Gasteiger partial charge in [-0.3, -0.25) is 0 Å². The Kier molecular flexibility index (Phi) is 9.54. The average molecular weight is 299 g/mol. The smallest absolute Gasteiger partial charge is 0.0878 e. The summed E-state index contributed by atoms with van der Waals surface area (Å²) >= 11 is 0. The molecule has 3 nitrogen and oxygen atoms in total. The molecule has 1 fully saturated rings. The Hall–Kier alpha value is -0.120. The van der Waals surface area contributed by atoms with E-state index in [1.165, 1.54) is 32.1 Å². The number of likely N-dealkylation sites (N-methyl/N-ethyl adjacent to an activating group) is 1. The highest BCUT2D eigenvalue weighted by Gasteiger charge is 2.41. The standard InChI is InChI=1S/C18H37NO2/c1-5-9-10-16(6-2)15-17(19-7-3)18(21-8-4)11-13-20-14-12-18/h16-17,19H,5-15H2,1-4H3. The Balaban J connectivity index is 2.74. The van der Waals surface area contributed by atoms with Gasteiger partial charge in [-0.05, 0) is 25.8 Å². The zero-order valence-corrected chi connectivity index (χ0v) is 14.7. The van der Waals surface area contributed by atoms with Gasteiger partial charge in [-0.25, -0.2) is 0 Å². The van der Waals surface area contributed by atoms with Crippen molar-refractivity contribution >= 4 is 0 Å². The summed E-state index contributed by atoms with van der Waals surface area (Å²) < 4.78 is 11.9. The van der Waals surface area contributed by atoms with E-state index in [1.807, 2.05) is 0 Å². The first-order chi connectivity index (χ1) is 10.2. The van der Waals surface area contributed by atoms with Crippen LogP contribution in [0.4, 0.5) is 0 Å². The third-order valence-corrected chi connectivity index (χ3v) is 4.97. The molecule has 21 heavy (non-hydrogen) atoms. The van der Waals surface area contributed by atoms with Crippen molar-refractivity contribution in [2.75, 3.05) is 26.4 Å². The van der Waals surface area contributed by atoms with Gasteiger partial charge in [0.1, 0.15) is 0 Å². The van der Waals surface area contributed by atoms with Crippen LogP contribution < -0.4 is 5.32 Å². The third kappa shape index (κ3) is 5.88. The molecule has 0 aliphatic carbocycles. The number of ether oxygens (including phenoxy) is 2. The molecular weight excluding hydrogens is 262 g/mol. The van der Waals surface area contributed by atoms with Crippen LogP contribution in [-0.4, -0.2) is 38.0 Å². The van der Waals surface area contributed by atoms with Crippen LogP contribution in [0.3, 0.4) is 0 Å². The highest BCUT2D eigenvalue weighted by atomic mass is 16.5. The van der Waals surface area contributed by atoms with Crippen molar-refractivity contribution in [1.82, 2.24) is 5.32 Å². The quantitative estimate of drug-likeness (QED) is 0.621. The van der Waals surface area contributed by atoms with Gasteiger partial charge in [-0.15, -0.1) is 0 Å². The van der Waals surface area contributed by atoms with Crippen LogP contribution in [0.1, 0.15) is 72.6 Å². The van der Waals surface area contributed by atoms with Gasteiger partial charge in [-0.1, -0.05) is 46.5 Å². The summed E-state index contributed by atoms with van der Waals surface area (Å²) in [5.74, 6) is 0.814. The highest BCUT2D eigenvalue weighted by Crippen LogP contribution is 2.33. The molecule has 1 aliphatic heterocycles. The van der Waals surface area contributed by atoms with Crippen LogP contribution in [-0.2, 0) is 9.47 Å². The number of nitrogens with one attached hydrogen (secondary N) is 1. The van der Waals surface area contributed by atoms with Crippen molar-refractivity contribution in [2.24, 2.45) is 5.92 Å². The van der Waals surface area contributed by atoms with Gasteiger partial charge in [0.2, 0.25) is 0 Å². The van der Waals surface area contributed by atoms with E-state index in [2.05, 4.69) is 33.0 Å². The van der Waals surface area contributed by atoms with Gasteiger partial charge < -0.3 is 14.8 Å². The molecule has 0 saturated carbocycles. The summed E-state index contributed by atoms with van der Waals surface area (Å²) in [5.41, 5.74) is -0.0113. The van der Waals surface area contributed by atoms with Gasteiger partial charge >= 0.3 is 0 Å². The van der Waals surface area contributed by atoms with E-state index in [4.69, 9.17) is 9.47 Å². The van der Waals surface area contributed by atoms with Crippen LogP contribution in [0.2, 0.25) is 0 Å². The van der Waals surface area contributed by atoms with Crippen LogP contribution in [0, 0.1) is 5.92 Å². The molecule has 0 radical (unpaired) electrons. The molecule has 0 aromatic rings. The molecule has 126 valence electrons. The number of hydrogen-bond acceptors (Lipinski definition) is 3. The third-order valence-electron chi connectivity index (χ3n) is 4.97. The summed E-state index contributed by atoms with van der Waals surface area (Å²) in [6.07, 6.45) is 8.58. The Morgan fingerprint density at radius 2 is 1.86 bits per heavy atom. The van der Waals surface area contributed by atoms with Gasteiger partial charge in [0.05, 0.1) is 5.60 Å². The Morgan fingerprint density at radius 1 is 1.14 bits per heavy atom. The van der Waals surface area contributed by atoms with Gasteiger partial charge in [0.25, 0.3) is 0 Å². The molecule has 1 N–H and O–H groups in total. The fourth-order valence-corrected chi connectivity index (χ4v) is 3.64. The molecule has 1 saturated heterocycles. The Bertz CT molecular complexity index is 246. The minimum atomic E-state index is -0.0113. The second kappa shape index (κ2) is 10.6. The van der Waals surface area contributed by atoms with E-state index in [0.717, 1.165) is 45.1 Å². The summed E-state index contributed by atoms with van der Waals surface area (Å²) in [5, 5.41) is 3.74. The topological polar surface area (TPSA) is 30.5 Å². The molecule has 2 unspecified atom stereocenters. The van der Waals surface area contributed by atoms with E-state index in [0.29, 0.717) is 6.04 Å². The minimum absolute atomic E-state index is 0.0113. The van der Waals surface area contributed by atoms with Gasteiger partial charge in [0.15, 0.2) is 0 Å². The maximum absolute atomic E-state index is 6.29. The molecule has 0 spiro atoms. The van der Waals surface area contributed by atoms with Crippen LogP contribution in [0.15, 0.2) is 0 Å². The second-order valence-corrected chi connectivity index (χ2v) is 6.37. The molecule has 0 bridgehead atoms. The first-order valence-corrected chi connectivity index (χ1v) is 9.17. The molecule has 0 aromatic carbocycles. The maximum Gasteiger partial charge on any atom is 0.0878 e. The predicted octanol–water partition coefficient (Wildman–Crippen LogP) is 4.16. The Morgan fingerprint density at radius 3 is 2.38 bits per heavy atom. The summed E-state index contributed by atoms with van der Waals surface area (Å²) in [6, 6.07) is 0.466. The molecular formula is C18H37NO2. The minimum Gasteiger partial charge on any atom is -0.381 e. The molecule has 1 rings (SSSR count). The lowest BCUT2D eigenvalue weighted by molar-refractivity contribution is -0.129. The van der Waals surface area contributed by atoms with Crippen LogP contribution in [0.25, 0.3) is 0 Å². The van der Waals surface area contributed by atoms with Gasteiger partial charge in [-0.2, -0.15) is 0 Å². The fourth-order valence-electron chi connectivity index (χ4n) is 3.64. The normalized spacial score (nSPS) is 21.1. The molecule has 0 amide bonds. The fraction of sp³-hybridized carbons (Fsp3) is 1.00. The van der Waals surface area contributed by atoms with Crippen molar-refractivity contribution < 1.29 is 9.47 Å². The maximum atomic E-state index is 6.29. The van der Waals surface area contributed by atoms with Crippen molar-refractivity contribution in [3.8, 4) is 0 Å². The van der Waals surface area contributed by atoms with Crippen LogP contribution >= 0.6 is 0 Å². The lowest BCUT2D eigenvalue weighted by Gasteiger charge is -2.44. The van der Waals surface area contributed by atoms with Crippen molar-refractivity contribution in [3.63, 3.8) is 0 Å². The number of hydrogen-bond donors (Lipinski definition) is 1. The first kappa shape index (κ1) is 18.9. The molecule has 1 aliphatic rings. The highest BCUT2D eigenvalue weighted by molar-refractivity contribution is 4.96. The average Bonchev–Trinajstić information content (AvgIpc) is 2.51. The van der Waals surface area contributed by atoms with Crippen LogP contribution in [0.5, 0.6) is 0 Å². The molecule has 3 heteroatoms. The van der Waals surface area contributed by atoms with E-state index in [1.54, 1.807) is 0 Å². The van der Waals surface area contributed by atoms with Gasteiger partial charge in [0, 0.05) is 38.7 Å². The van der Waals surface area contributed by atoms with Crippen molar-refractivity contribution in [1.29, 1.82) is 0 Å². The molecule has 2 atom stereocenters. The monoisotopic (exact) mass is 299 g/mol. The number of rotatable bonds is 11. The zero-order chi connectivity index (χ0) is 15.6. The lowest BCUT2D eigenvalue weighted by atomic mass is 9.79. The first-order valence-electron chi connectivity index (χ1n) is 9.17. The summed E-state index contributed by atoms with van der Waals surface area (Å²) in [4.78, 5) is 0. The largest absolute Gasteiger partial charge is 0.381 e. The zero-order valence-electron chi connectivity index (χ0n) is 14.7. The molecule has 1 heterocycles. The summed E-state index contributed by atoms with van der Waals surface area (Å²) in [7, 11) is 0. The van der Waals surface area contributed by atoms with E-state index in [-0.39, 0.29) is 5.60 Å². The molecule has 0 aromatic heterocycles.